The summed E-state index contributed by atoms with van der Waals surface area (Å²) < 4.78 is 5.16. The van der Waals surface area contributed by atoms with Crippen molar-refractivity contribution < 1.29 is 19.1 Å². The van der Waals surface area contributed by atoms with Gasteiger partial charge in [-0.2, -0.15) is 0 Å². The molecule has 3 aliphatic heterocycles. The molecule has 6 heteroatoms. The van der Waals surface area contributed by atoms with Crippen LogP contribution < -0.4 is 0 Å². The molecule has 3 fully saturated rings. The van der Waals surface area contributed by atoms with Crippen molar-refractivity contribution in [2.45, 2.75) is 64.1 Å². The monoisotopic (exact) mass is 412 g/mol. The van der Waals surface area contributed by atoms with Crippen LogP contribution in [0.5, 0.6) is 0 Å². The molecule has 4 atom stereocenters. The minimum absolute atomic E-state index is 0.0755. The van der Waals surface area contributed by atoms with Crippen LogP contribution in [0.3, 0.4) is 0 Å². The third-order valence-corrected chi connectivity index (χ3v) is 7.33. The summed E-state index contributed by atoms with van der Waals surface area (Å²) in [5.41, 5.74) is -0.243. The molecular weight excluding hydrogens is 380 g/mol. The Hall–Kier alpha value is -2.21. The summed E-state index contributed by atoms with van der Waals surface area (Å²) in [6.45, 7) is 4.22. The zero-order chi connectivity index (χ0) is 21.3. The highest BCUT2D eigenvalue weighted by Crippen LogP contribution is 2.48. The highest BCUT2D eigenvalue weighted by atomic mass is 16.5. The molecule has 6 nitrogen and oxygen atoms in total. The van der Waals surface area contributed by atoms with Crippen molar-refractivity contribution in [3.05, 3.63) is 35.9 Å². The van der Waals surface area contributed by atoms with Gasteiger partial charge >= 0.3 is 5.97 Å². The molecule has 1 amide bonds. The number of carbonyl (C=O) groups excluding carboxylic acids is 3. The molecule has 0 saturated carbocycles. The largest absolute Gasteiger partial charge is 0.468 e. The van der Waals surface area contributed by atoms with Crippen LogP contribution in [-0.2, 0) is 25.7 Å². The number of hydrogen-bond acceptors (Lipinski definition) is 5. The Morgan fingerprint density at radius 2 is 1.93 bits per heavy atom. The number of rotatable bonds is 5. The second-order valence-electron chi connectivity index (χ2n) is 9.26. The Morgan fingerprint density at radius 3 is 2.63 bits per heavy atom. The number of ether oxygens (including phenoxy) is 1. The molecule has 4 unspecified atom stereocenters. The molecule has 3 aliphatic rings. The molecule has 1 aromatic carbocycles. The summed E-state index contributed by atoms with van der Waals surface area (Å²) in [6, 6.07) is 9.95. The Morgan fingerprint density at radius 1 is 1.17 bits per heavy atom. The Kier molecular flexibility index (Phi) is 5.96. The Balaban J connectivity index is 1.63. The topological polar surface area (TPSA) is 66.9 Å². The first-order valence-corrected chi connectivity index (χ1v) is 11.1. The number of benzene rings is 1. The van der Waals surface area contributed by atoms with Crippen LogP contribution in [0.15, 0.2) is 30.3 Å². The van der Waals surface area contributed by atoms with Gasteiger partial charge in [0.15, 0.2) is 11.2 Å². The molecule has 162 valence electrons. The summed E-state index contributed by atoms with van der Waals surface area (Å²) >= 11 is 0. The first kappa shape index (κ1) is 21.0. The molecule has 0 aromatic heterocycles. The van der Waals surface area contributed by atoms with Crippen molar-refractivity contribution in [3.8, 4) is 0 Å². The van der Waals surface area contributed by atoms with Crippen molar-refractivity contribution in [2.75, 3.05) is 20.2 Å². The normalized spacial score (nSPS) is 31.6. The number of carbonyl (C=O) groups is 3. The number of hydrogen-bond donors (Lipinski definition) is 0. The maximum absolute atomic E-state index is 13.4. The van der Waals surface area contributed by atoms with Gasteiger partial charge in [0.1, 0.15) is 0 Å². The average molecular weight is 413 g/mol. The summed E-state index contributed by atoms with van der Waals surface area (Å²) in [4.78, 5) is 43.9. The average Bonchev–Trinajstić information content (AvgIpc) is 3.06. The number of likely N-dealkylation sites (tertiary alicyclic amines) is 1. The van der Waals surface area contributed by atoms with E-state index in [0.29, 0.717) is 32.0 Å². The Labute approximate surface area is 178 Å². The number of nitrogens with zero attached hydrogens (tertiary/aromatic N) is 2. The van der Waals surface area contributed by atoms with Crippen molar-refractivity contribution >= 4 is 17.7 Å². The quantitative estimate of drug-likeness (QED) is 0.550. The molecule has 0 radical (unpaired) electrons. The van der Waals surface area contributed by atoms with E-state index in [4.69, 9.17) is 4.74 Å². The summed E-state index contributed by atoms with van der Waals surface area (Å²) in [7, 11) is 1.33. The zero-order valence-corrected chi connectivity index (χ0v) is 18.0. The van der Waals surface area contributed by atoms with Gasteiger partial charge in [0.2, 0.25) is 5.91 Å². The molecule has 0 spiro atoms. The van der Waals surface area contributed by atoms with Gasteiger partial charge in [0.05, 0.1) is 13.5 Å². The predicted octanol–water partition coefficient (Wildman–Crippen LogP) is 2.80. The fourth-order valence-electron chi connectivity index (χ4n) is 5.79. The lowest BCUT2D eigenvalue weighted by atomic mass is 9.69. The molecule has 30 heavy (non-hydrogen) atoms. The van der Waals surface area contributed by atoms with Crippen LogP contribution in [0.1, 0.15) is 51.0 Å². The SMILES string of the molecule is COC(=O)C1(CC(=O)N2CCCC(C)C2)C(=O)CC2CCC1N2Cc1ccccc1. The number of Topliss-reactive ketones (excluding diaryl/α,β-unsaturated/α-hetero) is 1. The molecule has 4 rings (SSSR count). The standard InChI is InChI=1S/C24H32N2O4/c1-17-7-6-12-25(15-17)22(28)14-24(23(29)30-2)20-11-10-19(13-21(24)27)26(20)16-18-8-4-3-5-9-18/h3-5,8-9,17,19-20H,6-7,10-16H2,1-2H3. The van der Waals surface area contributed by atoms with Crippen LogP contribution in [0.4, 0.5) is 0 Å². The van der Waals surface area contributed by atoms with E-state index >= 15 is 0 Å². The van der Waals surface area contributed by atoms with Gasteiger partial charge in [-0.05, 0) is 37.2 Å². The molecule has 0 N–H and O–H groups in total. The van der Waals surface area contributed by atoms with Gasteiger partial charge in [-0.1, -0.05) is 37.3 Å². The van der Waals surface area contributed by atoms with Crippen LogP contribution in [0, 0.1) is 11.3 Å². The minimum Gasteiger partial charge on any atom is -0.468 e. The Bertz CT molecular complexity index is 811. The number of amides is 1. The second kappa shape index (κ2) is 8.50. The van der Waals surface area contributed by atoms with Crippen molar-refractivity contribution in [2.24, 2.45) is 11.3 Å². The van der Waals surface area contributed by atoms with Crippen LogP contribution >= 0.6 is 0 Å². The molecule has 2 bridgehead atoms. The summed E-state index contributed by atoms with van der Waals surface area (Å²) in [6.07, 6.45) is 3.92. The van der Waals surface area contributed by atoms with E-state index < -0.39 is 11.4 Å². The van der Waals surface area contributed by atoms with Gasteiger partial charge < -0.3 is 9.64 Å². The van der Waals surface area contributed by atoms with E-state index in [1.54, 1.807) is 0 Å². The van der Waals surface area contributed by atoms with E-state index in [1.165, 1.54) is 7.11 Å². The maximum atomic E-state index is 13.4. The maximum Gasteiger partial charge on any atom is 0.321 e. The van der Waals surface area contributed by atoms with Gasteiger partial charge in [0, 0.05) is 38.1 Å². The number of methoxy groups -OCH3 is 1. The van der Waals surface area contributed by atoms with Crippen molar-refractivity contribution in [1.29, 1.82) is 0 Å². The first-order valence-electron chi connectivity index (χ1n) is 11.1. The predicted molar refractivity (Wildman–Crippen MR) is 112 cm³/mol. The van der Waals surface area contributed by atoms with E-state index in [0.717, 1.165) is 31.2 Å². The molecule has 3 heterocycles. The smallest absolute Gasteiger partial charge is 0.321 e. The van der Waals surface area contributed by atoms with Gasteiger partial charge in [-0.15, -0.1) is 0 Å². The third kappa shape index (κ3) is 3.66. The number of ketones is 1. The second-order valence-corrected chi connectivity index (χ2v) is 9.26. The highest BCUT2D eigenvalue weighted by molar-refractivity contribution is 6.08. The molecule has 1 aromatic rings. The number of esters is 1. The van der Waals surface area contributed by atoms with Crippen LogP contribution in [0.25, 0.3) is 0 Å². The summed E-state index contributed by atoms with van der Waals surface area (Å²) in [5, 5.41) is 0. The van der Waals surface area contributed by atoms with Crippen LogP contribution in [-0.4, -0.2) is 59.7 Å². The van der Waals surface area contributed by atoms with Crippen LogP contribution in [0.2, 0.25) is 0 Å². The van der Waals surface area contributed by atoms with E-state index in [9.17, 15) is 14.4 Å². The van der Waals surface area contributed by atoms with Crippen molar-refractivity contribution in [1.82, 2.24) is 9.80 Å². The van der Waals surface area contributed by atoms with Gasteiger partial charge in [0.25, 0.3) is 0 Å². The fourth-order valence-corrected chi connectivity index (χ4v) is 5.79. The van der Waals surface area contributed by atoms with Crippen molar-refractivity contribution in [3.63, 3.8) is 0 Å². The first-order chi connectivity index (χ1) is 14.5. The summed E-state index contributed by atoms with van der Waals surface area (Å²) in [5.74, 6) is -0.312. The number of fused-ring (bicyclic) bond motifs is 2. The minimum atomic E-state index is -1.39. The molecule has 0 aliphatic carbocycles. The van der Waals surface area contributed by atoms with Gasteiger partial charge in [-0.3, -0.25) is 19.3 Å². The van der Waals surface area contributed by atoms with E-state index in [-0.39, 0.29) is 30.2 Å². The lowest BCUT2D eigenvalue weighted by molar-refractivity contribution is -0.171. The number of piperidine rings is 2. The van der Waals surface area contributed by atoms with E-state index in [2.05, 4.69) is 24.0 Å². The molecule has 3 saturated heterocycles. The highest BCUT2D eigenvalue weighted by Gasteiger charge is 2.62. The van der Waals surface area contributed by atoms with Gasteiger partial charge in [-0.25, -0.2) is 0 Å². The third-order valence-electron chi connectivity index (χ3n) is 7.33. The lowest BCUT2D eigenvalue weighted by Crippen LogP contribution is -2.61. The fraction of sp³-hybridized carbons (Fsp3) is 0.625. The lowest BCUT2D eigenvalue weighted by Gasteiger charge is -2.46. The van der Waals surface area contributed by atoms with E-state index in [1.807, 2.05) is 23.1 Å². The zero-order valence-electron chi connectivity index (χ0n) is 18.0. The molecular formula is C24H32N2O4.